The molecule has 168 valence electrons. The van der Waals surface area contributed by atoms with Crippen molar-refractivity contribution >= 4 is 44.0 Å². The van der Waals surface area contributed by atoms with Crippen LogP contribution in [0.5, 0.6) is 0 Å². The number of rotatable bonds is 5. The fourth-order valence-electron chi connectivity index (χ4n) is 3.53. The van der Waals surface area contributed by atoms with Gasteiger partial charge in [-0.2, -0.15) is 4.31 Å². The monoisotopic (exact) mass is 490 g/mol. The summed E-state index contributed by atoms with van der Waals surface area (Å²) >= 11 is 7.15. The number of halogens is 1. The zero-order valence-electron chi connectivity index (χ0n) is 17.7. The Kier molecular flexibility index (Phi) is 6.62. The van der Waals surface area contributed by atoms with Gasteiger partial charge in [0.15, 0.2) is 0 Å². The van der Waals surface area contributed by atoms with E-state index < -0.39 is 15.9 Å². The van der Waals surface area contributed by atoms with Crippen molar-refractivity contribution < 1.29 is 13.2 Å². The van der Waals surface area contributed by atoms with Crippen molar-refractivity contribution in [1.29, 1.82) is 0 Å². The van der Waals surface area contributed by atoms with Gasteiger partial charge >= 0.3 is 0 Å². The summed E-state index contributed by atoms with van der Waals surface area (Å²) in [7, 11) is -3.65. The number of piperidine rings is 1. The first-order valence-electron chi connectivity index (χ1n) is 10.3. The van der Waals surface area contributed by atoms with Gasteiger partial charge in [-0.05, 0) is 55.5 Å². The van der Waals surface area contributed by atoms with E-state index in [0.29, 0.717) is 45.3 Å². The molecule has 0 spiro atoms. The lowest BCUT2D eigenvalue weighted by Crippen LogP contribution is -2.38. The Balaban J connectivity index is 1.54. The maximum absolute atomic E-state index is 13.1. The highest BCUT2D eigenvalue weighted by Gasteiger charge is 2.29. The molecule has 0 aliphatic carbocycles. The lowest BCUT2D eigenvalue weighted by atomic mass is 10.0. The summed E-state index contributed by atoms with van der Waals surface area (Å²) in [6.45, 7) is 4.89. The first-order valence-corrected chi connectivity index (χ1v) is 12.9. The zero-order valence-corrected chi connectivity index (χ0v) is 20.1. The lowest BCUT2D eigenvalue weighted by molar-refractivity contribution is 0.102. The first-order chi connectivity index (χ1) is 15.2. The van der Waals surface area contributed by atoms with Crippen LogP contribution in [0.25, 0.3) is 10.6 Å². The Morgan fingerprint density at radius 3 is 2.50 bits per heavy atom. The predicted molar refractivity (Wildman–Crippen MR) is 127 cm³/mol. The van der Waals surface area contributed by atoms with Crippen LogP contribution in [-0.4, -0.2) is 41.9 Å². The standard InChI is InChI=1S/C22H23ClN4O3S2/c1-14-9-11-27(12-10-14)32(29,30)18-8-3-15(2)19(13-18)20(28)24-22-26-25-21(31-22)16-4-6-17(23)7-5-16/h3-8,13-14H,9-12H2,1-2H3,(H,24,26,28). The van der Waals surface area contributed by atoms with Crippen LogP contribution in [0.4, 0.5) is 5.13 Å². The number of nitrogens with zero attached hydrogens (tertiary/aromatic N) is 3. The van der Waals surface area contributed by atoms with Crippen molar-refractivity contribution in [2.75, 3.05) is 18.4 Å². The largest absolute Gasteiger partial charge is 0.296 e. The van der Waals surface area contributed by atoms with Gasteiger partial charge in [-0.3, -0.25) is 10.1 Å². The Labute approximate surface area is 196 Å². The van der Waals surface area contributed by atoms with E-state index in [1.165, 1.54) is 21.7 Å². The second kappa shape index (κ2) is 9.27. The Hall–Kier alpha value is -2.33. The van der Waals surface area contributed by atoms with E-state index in [9.17, 15) is 13.2 Å². The summed E-state index contributed by atoms with van der Waals surface area (Å²) in [5.41, 5.74) is 1.81. The molecule has 32 heavy (non-hydrogen) atoms. The number of amides is 1. The molecule has 0 unspecified atom stereocenters. The van der Waals surface area contributed by atoms with Gasteiger partial charge < -0.3 is 0 Å². The van der Waals surface area contributed by atoms with Crippen molar-refractivity contribution in [1.82, 2.24) is 14.5 Å². The number of nitrogens with one attached hydrogen (secondary N) is 1. The molecular weight excluding hydrogens is 468 g/mol. The van der Waals surface area contributed by atoms with E-state index in [-0.39, 0.29) is 4.90 Å². The Morgan fingerprint density at radius 2 is 1.81 bits per heavy atom. The van der Waals surface area contributed by atoms with Gasteiger partial charge in [0.2, 0.25) is 15.2 Å². The summed E-state index contributed by atoms with van der Waals surface area (Å²) in [6, 6.07) is 11.8. The topological polar surface area (TPSA) is 92.3 Å². The lowest BCUT2D eigenvalue weighted by Gasteiger charge is -2.29. The van der Waals surface area contributed by atoms with E-state index in [1.807, 2.05) is 12.1 Å². The summed E-state index contributed by atoms with van der Waals surface area (Å²) in [5, 5.41) is 12.5. The van der Waals surface area contributed by atoms with Gasteiger partial charge in [0.05, 0.1) is 4.90 Å². The molecule has 2 heterocycles. The molecule has 2 aromatic carbocycles. The zero-order chi connectivity index (χ0) is 22.9. The highest BCUT2D eigenvalue weighted by atomic mass is 35.5. The summed E-state index contributed by atoms with van der Waals surface area (Å²) in [6.07, 6.45) is 1.68. The molecule has 0 bridgehead atoms. The summed E-state index contributed by atoms with van der Waals surface area (Å²) in [5.74, 6) is 0.0936. The van der Waals surface area contributed by atoms with Crippen molar-refractivity contribution in [3.8, 4) is 10.6 Å². The second-order valence-electron chi connectivity index (χ2n) is 7.94. The molecule has 1 aliphatic rings. The maximum Gasteiger partial charge on any atom is 0.257 e. The molecule has 1 saturated heterocycles. The number of hydrogen-bond donors (Lipinski definition) is 1. The summed E-state index contributed by atoms with van der Waals surface area (Å²) < 4.78 is 27.7. The number of hydrogen-bond acceptors (Lipinski definition) is 6. The van der Waals surface area contributed by atoms with Crippen LogP contribution >= 0.6 is 22.9 Å². The molecule has 4 rings (SSSR count). The van der Waals surface area contributed by atoms with Crippen LogP contribution in [0.3, 0.4) is 0 Å². The van der Waals surface area contributed by atoms with Gasteiger partial charge in [-0.1, -0.05) is 48.1 Å². The van der Waals surface area contributed by atoms with Crippen molar-refractivity contribution in [2.24, 2.45) is 5.92 Å². The maximum atomic E-state index is 13.1. The molecule has 1 aliphatic heterocycles. The van der Waals surface area contributed by atoms with Crippen molar-refractivity contribution in [3.05, 3.63) is 58.6 Å². The molecule has 1 N–H and O–H groups in total. The number of carbonyl (C=O) groups is 1. The molecule has 7 nitrogen and oxygen atoms in total. The number of sulfonamides is 1. The predicted octanol–water partition coefficient (Wildman–Crippen LogP) is 4.84. The fraction of sp³-hybridized carbons (Fsp3) is 0.318. The van der Waals surface area contributed by atoms with E-state index in [4.69, 9.17) is 11.6 Å². The average molecular weight is 491 g/mol. The number of benzene rings is 2. The Bertz CT molecular complexity index is 1230. The highest BCUT2D eigenvalue weighted by molar-refractivity contribution is 7.89. The smallest absolute Gasteiger partial charge is 0.257 e. The van der Waals surface area contributed by atoms with Crippen LogP contribution in [0.2, 0.25) is 5.02 Å². The Morgan fingerprint density at radius 1 is 1.12 bits per heavy atom. The van der Waals surface area contributed by atoms with Crippen LogP contribution < -0.4 is 5.32 Å². The third-order valence-corrected chi connectivity index (χ3v) is 8.61. The highest BCUT2D eigenvalue weighted by Crippen LogP contribution is 2.29. The van der Waals surface area contributed by atoms with Crippen LogP contribution in [-0.2, 0) is 10.0 Å². The van der Waals surface area contributed by atoms with Gasteiger partial charge in [0.1, 0.15) is 5.01 Å². The quantitative estimate of drug-likeness (QED) is 0.552. The first kappa shape index (κ1) is 22.8. The molecule has 3 aromatic rings. The molecule has 1 aromatic heterocycles. The van der Waals surface area contributed by atoms with Crippen LogP contribution in [0.1, 0.15) is 35.7 Å². The molecule has 1 fully saturated rings. The van der Waals surface area contributed by atoms with Crippen molar-refractivity contribution in [3.63, 3.8) is 0 Å². The number of anilines is 1. The van der Waals surface area contributed by atoms with Gasteiger partial charge in [-0.25, -0.2) is 8.42 Å². The van der Waals surface area contributed by atoms with Gasteiger partial charge in [0, 0.05) is 29.2 Å². The number of carbonyl (C=O) groups excluding carboxylic acids is 1. The molecule has 0 atom stereocenters. The van der Waals surface area contributed by atoms with E-state index >= 15 is 0 Å². The van der Waals surface area contributed by atoms with E-state index in [1.54, 1.807) is 31.2 Å². The minimum absolute atomic E-state index is 0.127. The SMILES string of the molecule is Cc1ccc(S(=O)(=O)N2CCC(C)CC2)cc1C(=O)Nc1nnc(-c2ccc(Cl)cc2)s1. The van der Waals surface area contributed by atoms with Crippen LogP contribution in [0, 0.1) is 12.8 Å². The third-order valence-electron chi connectivity index (χ3n) is 5.57. The minimum Gasteiger partial charge on any atom is -0.296 e. The molecular formula is C22H23ClN4O3S2. The summed E-state index contributed by atoms with van der Waals surface area (Å²) in [4.78, 5) is 13.1. The average Bonchev–Trinajstić information content (AvgIpc) is 3.23. The number of aryl methyl sites for hydroxylation is 1. The normalized spacial score (nSPS) is 15.6. The fourth-order valence-corrected chi connectivity index (χ4v) is 5.89. The third kappa shape index (κ3) is 4.85. The van der Waals surface area contributed by atoms with Crippen molar-refractivity contribution in [2.45, 2.75) is 31.6 Å². The molecule has 10 heteroatoms. The van der Waals surface area contributed by atoms with Crippen LogP contribution in [0.15, 0.2) is 47.4 Å². The molecule has 0 radical (unpaired) electrons. The molecule has 1 amide bonds. The molecule has 0 saturated carbocycles. The van der Waals surface area contributed by atoms with Gasteiger partial charge in [-0.15, -0.1) is 10.2 Å². The number of aromatic nitrogens is 2. The van der Waals surface area contributed by atoms with E-state index in [0.717, 1.165) is 18.4 Å². The van der Waals surface area contributed by atoms with Gasteiger partial charge in [0.25, 0.3) is 5.91 Å². The second-order valence-corrected chi connectivity index (χ2v) is 11.3. The van der Waals surface area contributed by atoms with E-state index in [2.05, 4.69) is 22.4 Å². The minimum atomic E-state index is -3.65.